The van der Waals surface area contributed by atoms with E-state index in [0.29, 0.717) is 13.0 Å². The molecular weight excluding hydrogens is 111 g/mol. The van der Waals surface area contributed by atoms with Crippen LogP contribution in [0.5, 0.6) is 0 Å². The second-order valence-electron chi connectivity index (χ2n) is 1.21. The average molecular weight is 120 g/mol. The second-order valence-corrected chi connectivity index (χ2v) is 1.21. The van der Waals surface area contributed by atoms with Crippen LogP contribution in [0.25, 0.3) is 0 Å². The normalized spacial score (nSPS) is 10.2. The number of halogens is 1. The van der Waals surface area contributed by atoms with E-state index in [-0.39, 0.29) is 6.67 Å². The van der Waals surface area contributed by atoms with Gasteiger partial charge in [-0.15, -0.1) is 0 Å². The predicted octanol–water partition coefficient (Wildman–Crippen LogP) is 0.353. The van der Waals surface area contributed by atoms with Crippen molar-refractivity contribution >= 4 is 6.34 Å². The highest BCUT2D eigenvalue weighted by molar-refractivity contribution is 5.51. The Hall–Kier alpha value is -0.640. The summed E-state index contributed by atoms with van der Waals surface area (Å²) in [6, 6.07) is 0. The fraction of sp³-hybridized carbons (Fsp3) is 0.750. The predicted molar refractivity (Wildman–Crippen MR) is 28.9 cm³/mol. The molecule has 0 unspecified atom stereocenters. The summed E-state index contributed by atoms with van der Waals surface area (Å²) in [7, 11) is 0. The largest absolute Gasteiger partial charge is 0.290 e. The molecule has 0 spiro atoms. The maximum absolute atomic E-state index is 11.3. The van der Waals surface area contributed by atoms with Gasteiger partial charge in [0.15, 0.2) is 0 Å². The average Bonchev–Trinajstić information content (AvgIpc) is 1.81. The minimum atomic E-state index is -0.358. The highest BCUT2D eigenvalue weighted by Crippen LogP contribution is 1.78. The van der Waals surface area contributed by atoms with Crippen LogP contribution in [0.2, 0.25) is 0 Å². The molecule has 0 aliphatic rings. The van der Waals surface area contributed by atoms with Gasteiger partial charge in [0.1, 0.15) is 6.34 Å². The van der Waals surface area contributed by atoms with Crippen LogP contribution >= 0.6 is 0 Å². The number of rotatable bonds is 4. The first kappa shape index (κ1) is 7.36. The maximum Gasteiger partial charge on any atom is 0.107 e. The zero-order chi connectivity index (χ0) is 6.24. The Kier molecular flexibility index (Phi) is 5.85. The molecule has 0 bridgehead atoms. The number of aliphatic imine (C=N–C) groups is 1. The number of hydrogen-bond donors (Lipinski definition) is 2. The molecule has 0 aliphatic heterocycles. The van der Waals surface area contributed by atoms with Gasteiger partial charge in [-0.05, 0) is 6.42 Å². The van der Waals surface area contributed by atoms with Crippen molar-refractivity contribution in [2.24, 2.45) is 4.99 Å². The number of hydroxylamine groups is 1. The summed E-state index contributed by atoms with van der Waals surface area (Å²) in [6.45, 7) is 0.0623. The molecule has 8 heavy (non-hydrogen) atoms. The summed E-state index contributed by atoms with van der Waals surface area (Å²) in [6.07, 6.45) is 1.54. The fourth-order valence-electron chi connectivity index (χ4n) is 0.256. The molecule has 0 aromatic rings. The van der Waals surface area contributed by atoms with Crippen LogP contribution in [0.1, 0.15) is 6.42 Å². The van der Waals surface area contributed by atoms with E-state index in [1.54, 1.807) is 5.48 Å². The van der Waals surface area contributed by atoms with Crippen molar-refractivity contribution in [3.05, 3.63) is 0 Å². The molecule has 0 atom stereocenters. The number of nitrogens with zero attached hydrogens (tertiary/aromatic N) is 1. The number of alkyl halides is 1. The standard InChI is InChI=1S/C4H9FN2O/c5-2-1-3-6-4-7-8/h4,8H,1-3H2,(H,6,7). The molecule has 0 saturated heterocycles. The Morgan fingerprint density at radius 1 is 1.75 bits per heavy atom. The van der Waals surface area contributed by atoms with Crippen LogP contribution < -0.4 is 5.48 Å². The molecule has 0 saturated carbocycles. The molecular formula is C4H9FN2O. The molecule has 3 nitrogen and oxygen atoms in total. The van der Waals surface area contributed by atoms with Crippen molar-refractivity contribution in [1.82, 2.24) is 5.48 Å². The molecule has 2 N–H and O–H groups in total. The summed E-state index contributed by atoms with van der Waals surface area (Å²) in [5.41, 5.74) is 1.71. The van der Waals surface area contributed by atoms with Crippen LogP contribution in [0.4, 0.5) is 4.39 Å². The van der Waals surface area contributed by atoms with E-state index in [0.717, 1.165) is 6.34 Å². The van der Waals surface area contributed by atoms with Crippen LogP contribution in [0.15, 0.2) is 4.99 Å². The minimum Gasteiger partial charge on any atom is -0.290 e. The van der Waals surface area contributed by atoms with Gasteiger partial charge >= 0.3 is 0 Å². The highest BCUT2D eigenvalue weighted by atomic mass is 19.1. The fourth-order valence-corrected chi connectivity index (χ4v) is 0.256. The summed E-state index contributed by atoms with van der Waals surface area (Å²) < 4.78 is 11.3. The lowest BCUT2D eigenvalue weighted by atomic mass is 10.5. The van der Waals surface area contributed by atoms with E-state index in [9.17, 15) is 4.39 Å². The first-order valence-electron chi connectivity index (χ1n) is 2.35. The van der Waals surface area contributed by atoms with Crippen LogP contribution in [-0.2, 0) is 0 Å². The van der Waals surface area contributed by atoms with Gasteiger partial charge < -0.3 is 0 Å². The lowest BCUT2D eigenvalue weighted by molar-refractivity contribution is 0.239. The Balaban J connectivity index is 2.80. The van der Waals surface area contributed by atoms with Crippen molar-refractivity contribution in [2.75, 3.05) is 13.2 Å². The van der Waals surface area contributed by atoms with E-state index in [1.807, 2.05) is 0 Å². The van der Waals surface area contributed by atoms with Crippen molar-refractivity contribution in [3.63, 3.8) is 0 Å². The van der Waals surface area contributed by atoms with Gasteiger partial charge in [-0.2, -0.15) is 0 Å². The molecule has 0 fully saturated rings. The summed E-state index contributed by atoms with van der Waals surface area (Å²) in [5.74, 6) is 0. The van der Waals surface area contributed by atoms with E-state index < -0.39 is 0 Å². The molecule has 48 valence electrons. The Morgan fingerprint density at radius 2 is 2.50 bits per heavy atom. The van der Waals surface area contributed by atoms with Gasteiger partial charge in [-0.25, -0.2) is 0 Å². The van der Waals surface area contributed by atoms with Crippen LogP contribution in [0.3, 0.4) is 0 Å². The first-order chi connectivity index (χ1) is 3.91. The summed E-state index contributed by atoms with van der Waals surface area (Å²) in [4.78, 5) is 3.55. The summed E-state index contributed by atoms with van der Waals surface area (Å²) in [5, 5.41) is 7.87. The zero-order valence-corrected chi connectivity index (χ0v) is 4.47. The van der Waals surface area contributed by atoms with Crippen LogP contribution in [0, 0.1) is 0 Å². The quantitative estimate of drug-likeness (QED) is 0.243. The van der Waals surface area contributed by atoms with Crippen molar-refractivity contribution in [1.29, 1.82) is 0 Å². The molecule has 0 aliphatic carbocycles. The third-order valence-corrected chi connectivity index (χ3v) is 0.570. The SMILES string of the molecule is ONC=NCCCF. The Labute approximate surface area is 47.2 Å². The molecule has 0 amide bonds. The van der Waals surface area contributed by atoms with E-state index in [2.05, 4.69) is 4.99 Å². The maximum atomic E-state index is 11.3. The van der Waals surface area contributed by atoms with Gasteiger partial charge in [0, 0.05) is 6.54 Å². The zero-order valence-electron chi connectivity index (χ0n) is 4.47. The number of hydrogen-bond acceptors (Lipinski definition) is 2. The molecule has 0 rings (SSSR count). The van der Waals surface area contributed by atoms with Crippen molar-refractivity contribution in [2.45, 2.75) is 6.42 Å². The molecule has 4 heteroatoms. The highest BCUT2D eigenvalue weighted by Gasteiger charge is 1.77. The van der Waals surface area contributed by atoms with E-state index in [1.165, 1.54) is 0 Å². The topological polar surface area (TPSA) is 44.6 Å². The van der Waals surface area contributed by atoms with Gasteiger partial charge in [-0.1, -0.05) is 0 Å². The Morgan fingerprint density at radius 3 is 3.00 bits per heavy atom. The first-order valence-corrected chi connectivity index (χ1v) is 2.35. The lowest BCUT2D eigenvalue weighted by Crippen LogP contribution is -2.02. The molecule has 0 heterocycles. The third kappa shape index (κ3) is 5.36. The Bertz CT molecular complexity index is 67.1. The monoisotopic (exact) mass is 120 g/mol. The van der Waals surface area contributed by atoms with Gasteiger partial charge in [-0.3, -0.25) is 20.1 Å². The summed E-state index contributed by atoms with van der Waals surface area (Å²) >= 11 is 0. The van der Waals surface area contributed by atoms with Crippen molar-refractivity contribution < 1.29 is 9.60 Å². The molecule has 0 aromatic heterocycles. The smallest absolute Gasteiger partial charge is 0.107 e. The van der Waals surface area contributed by atoms with Gasteiger partial charge in [0.05, 0.1) is 6.67 Å². The van der Waals surface area contributed by atoms with Gasteiger partial charge in [0.2, 0.25) is 0 Å². The second kappa shape index (κ2) is 6.36. The molecule has 0 aromatic carbocycles. The lowest BCUT2D eigenvalue weighted by Gasteiger charge is -1.85. The van der Waals surface area contributed by atoms with E-state index >= 15 is 0 Å². The van der Waals surface area contributed by atoms with Crippen molar-refractivity contribution in [3.8, 4) is 0 Å². The van der Waals surface area contributed by atoms with Gasteiger partial charge in [0.25, 0.3) is 0 Å². The molecule has 0 radical (unpaired) electrons. The number of nitrogens with one attached hydrogen (secondary N) is 1. The van der Waals surface area contributed by atoms with E-state index in [4.69, 9.17) is 5.21 Å². The minimum absolute atomic E-state index is 0.358. The van der Waals surface area contributed by atoms with Crippen LogP contribution in [-0.4, -0.2) is 24.8 Å². The third-order valence-electron chi connectivity index (χ3n) is 0.570.